The first-order valence-corrected chi connectivity index (χ1v) is 9.56. The van der Waals surface area contributed by atoms with Crippen LogP contribution in [0.1, 0.15) is 36.3 Å². The molecule has 0 atom stereocenters. The fourth-order valence-corrected chi connectivity index (χ4v) is 3.37. The number of carbonyl (C=O) groups is 1. The average Bonchev–Trinajstić information content (AvgIpc) is 2.55. The van der Waals surface area contributed by atoms with Gasteiger partial charge in [-0.1, -0.05) is 37.6 Å². The van der Waals surface area contributed by atoms with Crippen LogP contribution < -0.4 is 5.32 Å². The number of hydrogen-bond donors (Lipinski definition) is 1. The molecule has 2 rings (SSSR count). The highest BCUT2D eigenvalue weighted by Gasteiger charge is 2.21. The van der Waals surface area contributed by atoms with Crippen LogP contribution in [0.5, 0.6) is 0 Å². The Hall–Kier alpha value is -1.99. The van der Waals surface area contributed by atoms with Crippen molar-refractivity contribution in [2.75, 3.05) is 11.1 Å². The van der Waals surface area contributed by atoms with E-state index in [-0.39, 0.29) is 21.6 Å². The largest absolute Gasteiger partial charge is 0.321 e. The van der Waals surface area contributed by atoms with Gasteiger partial charge in [0.2, 0.25) is 15.0 Å². The minimum atomic E-state index is -3.63. The number of anilines is 1. The van der Waals surface area contributed by atoms with Gasteiger partial charge in [-0.15, -0.1) is 0 Å². The molecule has 2 aromatic rings. The van der Waals surface area contributed by atoms with Gasteiger partial charge in [-0.25, -0.2) is 18.4 Å². The molecule has 8 heteroatoms. The van der Waals surface area contributed by atoms with Crippen molar-refractivity contribution in [1.29, 1.82) is 0 Å². The highest BCUT2D eigenvalue weighted by molar-refractivity contribution is 7.91. The smallest absolute Gasteiger partial charge is 0.275 e. The van der Waals surface area contributed by atoms with Crippen LogP contribution in [0.3, 0.4) is 0 Å². The van der Waals surface area contributed by atoms with Crippen molar-refractivity contribution in [2.24, 2.45) is 0 Å². The van der Waals surface area contributed by atoms with E-state index in [9.17, 15) is 13.2 Å². The van der Waals surface area contributed by atoms with Crippen molar-refractivity contribution in [2.45, 2.75) is 31.8 Å². The topological polar surface area (TPSA) is 89.0 Å². The lowest BCUT2D eigenvalue weighted by Crippen LogP contribution is -2.18. The van der Waals surface area contributed by atoms with Gasteiger partial charge in [-0.05, 0) is 30.5 Å². The first-order chi connectivity index (χ1) is 11.4. The van der Waals surface area contributed by atoms with E-state index in [1.165, 1.54) is 0 Å². The quantitative estimate of drug-likeness (QED) is 0.792. The molecule has 0 aliphatic carbocycles. The molecule has 0 saturated carbocycles. The van der Waals surface area contributed by atoms with Crippen LogP contribution in [-0.4, -0.2) is 30.0 Å². The van der Waals surface area contributed by atoms with E-state index in [1.54, 1.807) is 19.1 Å². The first kappa shape index (κ1) is 18.4. The zero-order chi connectivity index (χ0) is 17.7. The van der Waals surface area contributed by atoms with Crippen LogP contribution in [0.2, 0.25) is 5.02 Å². The summed E-state index contributed by atoms with van der Waals surface area (Å²) in [5, 5.41) is 2.26. The number of halogens is 1. The van der Waals surface area contributed by atoms with Crippen molar-refractivity contribution >= 4 is 33.0 Å². The normalized spacial score (nSPS) is 11.3. The molecule has 0 bridgehead atoms. The van der Waals surface area contributed by atoms with Crippen LogP contribution >= 0.6 is 11.6 Å². The Kier molecular flexibility index (Phi) is 5.90. The predicted octanol–water partition coefficient (Wildman–Crippen LogP) is 3.13. The van der Waals surface area contributed by atoms with E-state index in [4.69, 9.17) is 11.6 Å². The van der Waals surface area contributed by atoms with Gasteiger partial charge < -0.3 is 5.32 Å². The summed E-state index contributed by atoms with van der Waals surface area (Å²) in [6, 6.07) is 7.32. The standard InChI is InChI=1S/C16H18ClN3O3S/c1-3-9-24(22,23)16-18-10-13(17)14(20-16)15(21)19-12-7-5-11(4-2)6-8-12/h5-8,10H,3-4,9H2,1-2H3,(H,19,21). The third-order valence-electron chi connectivity index (χ3n) is 3.31. The highest BCUT2D eigenvalue weighted by atomic mass is 35.5. The van der Waals surface area contributed by atoms with Crippen molar-refractivity contribution in [1.82, 2.24) is 9.97 Å². The fraction of sp³-hybridized carbons (Fsp3) is 0.312. The number of aromatic nitrogens is 2. The second-order valence-corrected chi connectivity index (χ2v) is 7.58. The molecular weight excluding hydrogens is 350 g/mol. The van der Waals surface area contributed by atoms with Gasteiger partial charge in [-0.3, -0.25) is 4.79 Å². The summed E-state index contributed by atoms with van der Waals surface area (Å²) in [4.78, 5) is 19.9. The molecule has 0 radical (unpaired) electrons. The second kappa shape index (κ2) is 7.72. The second-order valence-electron chi connectivity index (χ2n) is 5.17. The number of nitrogens with zero attached hydrogens (tertiary/aromatic N) is 2. The minimum Gasteiger partial charge on any atom is -0.321 e. The monoisotopic (exact) mass is 367 g/mol. The first-order valence-electron chi connectivity index (χ1n) is 7.53. The van der Waals surface area contributed by atoms with Gasteiger partial charge in [-0.2, -0.15) is 0 Å². The van der Waals surface area contributed by atoms with Gasteiger partial charge in [0, 0.05) is 5.69 Å². The van der Waals surface area contributed by atoms with Gasteiger partial charge in [0.15, 0.2) is 5.69 Å². The van der Waals surface area contributed by atoms with Crippen LogP contribution in [0.25, 0.3) is 0 Å². The van der Waals surface area contributed by atoms with E-state index in [1.807, 2.05) is 19.1 Å². The Labute approximate surface area is 146 Å². The van der Waals surface area contributed by atoms with Crippen LogP contribution in [0.15, 0.2) is 35.6 Å². The molecule has 1 N–H and O–H groups in total. The van der Waals surface area contributed by atoms with E-state index in [0.717, 1.165) is 18.2 Å². The molecular formula is C16H18ClN3O3S. The summed E-state index contributed by atoms with van der Waals surface area (Å²) in [6.45, 7) is 3.77. The molecule has 1 heterocycles. The average molecular weight is 368 g/mol. The Bertz CT molecular complexity index is 836. The number of nitrogens with one attached hydrogen (secondary N) is 1. The number of sulfone groups is 1. The van der Waals surface area contributed by atoms with E-state index in [2.05, 4.69) is 15.3 Å². The van der Waals surface area contributed by atoms with Crippen LogP contribution in [-0.2, 0) is 16.3 Å². The summed E-state index contributed by atoms with van der Waals surface area (Å²) in [5.41, 5.74) is 1.55. The third-order valence-corrected chi connectivity index (χ3v) is 5.28. The Morgan fingerprint density at radius 2 is 1.88 bits per heavy atom. The van der Waals surface area contributed by atoms with E-state index in [0.29, 0.717) is 12.1 Å². The highest BCUT2D eigenvalue weighted by Crippen LogP contribution is 2.18. The minimum absolute atomic E-state index is 0.00636. The number of carbonyl (C=O) groups excluding carboxylic acids is 1. The van der Waals surface area contributed by atoms with E-state index >= 15 is 0 Å². The Balaban J connectivity index is 2.28. The van der Waals surface area contributed by atoms with Crippen LogP contribution in [0.4, 0.5) is 5.69 Å². The van der Waals surface area contributed by atoms with Crippen molar-refractivity contribution < 1.29 is 13.2 Å². The molecule has 0 aliphatic heterocycles. The maximum atomic E-state index is 12.3. The number of hydrogen-bond acceptors (Lipinski definition) is 5. The fourth-order valence-electron chi connectivity index (χ4n) is 2.03. The molecule has 24 heavy (non-hydrogen) atoms. The molecule has 1 aromatic heterocycles. The number of rotatable bonds is 6. The third kappa shape index (κ3) is 4.30. The summed E-state index contributed by atoms with van der Waals surface area (Å²) >= 11 is 5.95. The molecule has 6 nitrogen and oxygen atoms in total. The van der Waals surface area contributed by atoms with Gasteiger partial charge in [0.1, 0.15) is 0 Å². The molecule has 0 spiro atoms. The summed E-state index contributed by atoms with van der Waals surface area (Å²) in [5.74, 6) is -0.673. The van der Waals surface area contributed by atoms with Gasteiger partial charge in [0.25, 0.3) is 5.91 Å². The maximum Gasteiger partial charge on any atom is 0.275 e. The molecule has 0 aliphatic rings. The van der Waals surface area contributed by atoms with Crippen molar-refractivity contribution in [3.63, 3.8) is 0 Å². The molecule has 1 amide bonds. The van der Waals surface area contributed by atoms with Crippen molar-refractivity contribution in [3.8, 4) is 0 Å². The van der Waals surface area contributed by atoms with Gasteiger partial charge >= 0.3 is 0 Å². The zero-order valence-electron chi connectivity index (χ0n) is 13.4. The van der Waals surface area contributed by atoms with E-state index < -0.39 is 15.7 Å². The summed E-state index contributed by atoms with van der Waals surface area (Å²) < 4.78 is 24.1. The molecule has 128 valence electrons. The van der Waals surface area contributed by atoms with Crippen molar-refractivity contribution in [3.05, 3.63) is 46.7 Å². The SMILES string of the molecule is CCCS(=O)(=O)c1ncc(Cl)c(C(=O)Nc2ccc(CC)cc2)n1. The number of amides is 1. The molecule has 1 aromatic carbocycles. The summed E-state index contributed by atoms with van der Waals surface area (Å²) in [6.07, 6.45) is 2.45. The van der Waals surface area contributed by atoms with Crippen LogP contribution in [0, 0.1) is 0 Å². The predicted molar refractivity (Wildman–Crippen MR) is 93.2 cm³/mol. The zero-order valence-corrected chi connectivity index (χ0v) is 15.0. The lowest BCUT2D eigenvalue weighted by Gasteiger charge is -2.08. The van der Waals surface area contributed by atoms with Gasteiger partial charge in [0.05, 0.1) is 17.0 Å². The number of aryl methyl sites for hydroxylation is 1. The lowest BCUT2D eigenvalue weighted by atomic mass is 10.1. The molecule has 0 saturated heterocycles. The molecule has 0 unspecified atom stereocenters. The summed E-state index contributed by atoms with van der Waals surface area (Å²) in [7, 11) is -3.63. The number of benzene rings is 1. The molecule has 0 fully saturated rings. The Morgan fingerprint density at radius 3 is 2.46 bits per heavy atom. The Morgan fingerprint density at radius 1 is 1.21 bits per heavy atom. The maximum absolute atomic E-state index is 12.3. The lowest BCUT2D eigenvalue weighted by molar-refractivity contribution is 0.102.